The number of nitrogens with one attached hydrogen (secondary N) is 1. The fraction of sp³-hybridized carbons (Fsp3) is 1.00. The summed E-state index contributed by atoms with van der Waals surface area (Å²) in [4.78, 5) is 0. The van der Waals surface area contributed by atoms with Crippen molar-refractivity contribution in [3.8, 4) is 0 Å². The Labute approximate surface area is 99.8 Å². The van der Waals surface area contributed by atoms with E-state index >= 15 is 0 Å². The molecule has 96 valence electrons. The van der Waals surface area contributed by atoms with Crippen LogP contribution in [0.3, 0.4) is 0 Å². The predicted octanol–water partition coefficient (Wildman–Crippen LogP) is 0.737. The topological polar surface area (TPSA) is 78.5 Å². The van der Waals surface area contributed by atoms with Gasteiger partial charge in [-0.15, -0.1) is 0 Å². The van der Waals surface area contributed by atoms with Gasteiger partial charge in [0.15, 0.2) is 0 Å². The first-order valence-electron chi connectivity index (χ1n) is 6.33. The average Bonchev–Trinajstić information content (AvgIpc) is 2.19. The molecule has 0 aromatic heterocycles. The van der Waals surface area contributed by atoms with Crippen LogP contribution < -0.4 is 11.1 Å². The van der Waals surface area contributed by atoms with Crippen molar-refractivity contribution in [1.82, 2.24) is 5.32 Å². The Bertz CT molecular complexity index is 166. The standard InChI is InChI=1S/C11H27BN2O2/c1-3-4-9-14-10-11(2,13)7-5-6-8-12(15)16/h14-16H,3-10,13H2,1-2H3. The molecule has 0 heterocycles. The fourth-order valence-corrected chi connectivity index (χ4v) is 1.62. The van der Waals surface area contributed by atoms with Gasteiger partial charge in [0, 0.05) is 12.1 Å². The van der Waals surface area contributed by atoms with Gasteiger partial charge >= 0.3 is 7.12 Å². The van der Waals surface area contributed by atoms with Crippen molar-refractivity contribution in [2.45, 2.75) is 57.8 Å². The highest BCUT2D eigenvalue weighted by Crippen LogP contribution is 2.11. The van der Waals surface area contributed by atoms with Crippen molar-refractivity contribution < 1.29 is 10.0 Å². The Hall–Kier alpha value is -0.0951. The number of hydrogen-bond acceptors (Lipinski definition) is 4. The number of nitrogens with two attached hydrogens (primary N) is 1. The molecule has 5 heteroatoms. The van der Waals surface area contributed by atoms with Gasteiger partial charge in [-0.3, -0.25) is 0 Å². The minimum Gasteiger partial charge on any atom is -0.427 e. The molecule has 0 bridgehead atoms. The van der Waals surface area contributed by atoms with Crippen molar-refractivity contribution in [2.75, 3.05) is 13.1 Å². The molecule has 1 atom stereocenters. The summed E-state index contributed by atoms with van der Waals surface area (Å²) in [5.41, 5.74) is 5.94. The molecule has 0 aliphatic heterocycles. The highest BCUT2D eigenvalue weighted by atomic mass is 16.4. The highest BCUT2D eigenvalue weighted by molar-refractivity contribution is 6.40. The number of hydrogen-bond donors (Lipinski definition) is 4. The molecule has 0 rings (SSSR count). The van der Waals surface area contributed by atoms with E-state index in [4.69, 9.17) is 15.8 Å². The molecule has 0 fully saturated rings. The first kappa shape index (κ1) is 15.9. The summed E-state index contributed by atoms with van der Waals surface area (Å²) in [5.74, 6) is 0. The molecule has 0 radical (unpaired) electrons. The molecule has 0 aliphatic rings. The molecule has 0 aromatic rings. The molecular formula is C11H27BN2O2. The molecule has 0 aliphatic carbocycles. The molecule has 5 N–H and O–H groups in total. The van der Waals surface area contributed by atoms with Crippen molar-refractivity contribution >= 4 is 7.12 Å². The molecule has 16 heavy (non-hydrogen) atoms. The molecule has 0 spiro atoms. The van der Waals surface area contributed by atoms with E-state index in [0.717, 1.165) is 32.4 Å². The van der Waals surface area contributed by atoms with Gasteiger partial charge in [-0.2, -0.15) is 0 Å². The van der Waals surface area contributed by atoms with Crippen molar-refractivity contribution in [2.24, 2.45) is 5.73 Å². The van der Waals surface area contributed by atoms with E-state index in [-0.39, 0.29) is 5.54 Å². The van der Waals surface area contributed by atoms with Crippen LogP contribution in [0.15, 0.2) is 0 Å². The van der Waals surface area contributed by atoms with E-state index in [9.17, 15) is 0 Å². The SMILES string of the molecule is CCCCNCC(C)(N)CCCCB(O)O. The Morgan fingerprint density at radius 3 is 2.50 bits per heavy atom. The summed E-state index contributed by atoms with van der Waals surface area (Å²) in [7, 11) is -1.17. The maximum Gasteiger partial charge on any atom is 0.451 e. The van der Waals surface area contributed by atoms with Crippen LogP contribution in [-0.4, -0.2) is 35.8 Å². The zero-order valence-electron chi connectivity index (χ0n) is 10.7. The Morgan fingerprint density at radius 2 is 1.94 bits per heavy atom. The minimum absolute atomic E-state index is 0.186. The summed E-state index contributed by atoms with van der Waals surface area (Å²) in [5, 5.41) is 20.7. The fourth-order valence-electron chi connectivity index (χ4n) is 1.62. The van der Waals surface area contributed by atoms with Crippen LogP contribution in [0.5, 0.6) is 0 Å². The zero-order valence-corrected chi connectivity index (χ0v) is 10.7. The first-order chi connectivity index (χ1) is 7.48. The van der Waals surface area contributed by atoms with Crippen LogP contribution in [0.25, 0.3) is 0 Å². The summed E-state index contributed by atoms with van der Waals surface area (Å²) in [6, 6.07) is 0. The first-order valence-corrected chi connectivity index (χ1v) is 6.33. The molecule has 0 amide bonds. The lowest BCUT2D eigenvalue weighted by Crippen LogP contribution is -2.46. The van der Waals surface area contributed by atoms with Gasteiger partial charge in [-0.1, -0.05) is 26.2 Å². The van der Waals surface area contributed by atoms with Crippen molar-refractivity contribution in [3.05, 3.63) is 0 Å². The van der Waals surface area contributed by atoms with Crippen molar-refractivity contribution in [1.29, 1.82) is 0 Å². The largest absolute Gasteiger partial charge is 0.451 e. The van der Waals surface area contributed by atoms with Crippen LogP contribution in [-0.2, 0) is 0 Å². The average molecular weight is 230 g/mol. The number of unbranched alkanes of at least 4 members (excludes halogenated alkanes) is 2. The normalized spacial score (nSPS) is 14.8. The minimum atomic E-state index is -1.17. The monoisotopic (exact) mass is 230 g/mol. The third-order valence-corrected chi connectivity index (χ3v) is 2.70. The summed E-state index contributed by atoms with van der Waals surface area (Å²) < 4.78 is 0. The molecule has 0 aromatic carbocycles. The molecule has 1 unspecified atom stereocenters. The second kappa shape index (κ2) is 8.99. The van der Waals surface area contributed by atoms with Crippen LogP contribution in [0.1, 0.15) is 46.0 Å². The number of rotatable bonds is 10. The molecular weight excluding hydrogens is 203 g/mol. The van der Waals surface area contributed by atoms with Gasteiger partial charge in [-0.05, 0) is 32.6 Å². The van der Waals surface area contributed by atoms with E-state index in [1.807, 2.05) is 6.92 Å². The van der Waals surface area contributed by atoms with E-state index in [2.05, 4.69) is 12.2 Å². The third-order valence-electron chi connectivity index (χ3n) is 2.70. The van der Waals surface area contributed by atoms with Crippen LogP contribution in [0.2, 0.25) is 6.32 Å². The smallest absolute Gasteiger partial charge is 0.427 e. The van der Waals surface area contributed by atoms with E-state index in [1.165, 1.54) is 12.8 Å². The second-order valence-corrected chi connectivity index (χ2v) is 4.91. The summed E-state index contributed by atoms with van der Waals surface area (Å²) in [6.45, 7) is 6.07. The van der Waals surface area contributed by atoms with Crippen molar-refractivity contribution in [3.63, 3.8) is 0 Å². The zero-order chi connectivity index (χ0) is 12.4. The van der Waals surface area contributed by atoms with Gasteiger partial charge in [0.1, 0.15) is 0 Å². The molecule has 4 nitrogen and oxygen atoms in total. The van der Waals surface area contributed by atoms with E-state index < -0.39 is 7.12 Å². The Balaban J connectivity index is 3.46. The van der Waals surface area contributed by atoms with Gasteiger partial charge in [0.25, 0.3) is 0 Å². The maximum absolute atomic E-state index is 8.69. The lowest BCUT2D eigenvalue weighted by molar-refractivity contribution is 0.376. The van der Waals surface area contributed by atoms with Crippen LogP contribution >= 0.6 is 0 Å². The van der Waals surface area contributed by atoms with E-state index in [0.29, 0.717) is 6.32 Å². The van der Waals surface area contributed by atoms with Gasteiger partial charge in [0.05, 0.1) is 0 Å². The predicted molar refractivity (Wildman–Crippen MR) is 69.2 cm³/mol. The summed E-state index contributed by atoms with van der Waals surface area (Å²) >= 11 is 0. The Kier molecular flexibility index (Phi) is 8.94. The maximum atomic E-state index is 8.69. The van der Waals surface area contributed by atoms with Gasteiger partial charge in [-0.25, -0.2) is 0 Å². The molecule has 0 saturated carbocycles. The van der Waals surface area contributed by atoms with Crippen LogP contribution in [0.4, 0.5) is 0 Å². The third kappa shape index (κ3) is 10.4. The van der Waals surface area contributed by atoms with E-state index in [1.54, 1.807) is 0 Å². The highest BCUT2D eigenvalue weighted by Gasteiger charge is 2.17. The van der Waals surface area contributed by atoms with Gasteiger partial charge < -0.3 is 21.1 Å². The lowest BCUT2D eigenvalue weighted by Gasteiger charge is -2.25. The van der Waals surface area contributed by atoms with Gasteiger partial charge in [0.2, 0.25) is 0 Å². The lowest BCUT2D eigenvalue weighted by atomic mass is 9.82. The molecule has 0 saturated heterocycles. The van der Waals surface area contributed by atoms with Crippen LogP contribution in [0, 0.1) is 0 Å². The quantitative estimate of drug-likeness (QED) is 0.329. The second-order valence-electron chi connectivity index (χ2n) is 4.91. The Morgan fingerprint density at radius 1 is 1.25 bits per heavy atom. The summed E-state index contributed by atoms with van der Waals surface area (Å²) in [6.07, 6.45) is 5.51.